The van der Waals surface area contributed by atoms with E-state index in [1.165, 1.54) is 43.8 Å². The largest absolute Gasteiger partial charge is 0.494 e. The van der Waals surface area contributed by atoms with Gasteiger partial charge in [0.25, 0.3) is 5.56 Å². The van der Waals surface area contributed by atoms with E-state index < -0.39 is 17.7 Å². The molecule has 2 aromatic carbocycles. The van der Waals surface area contributed by atoms with Gasteiger partial charge in [-0.2, -0.15) is 5.10 Å². The number of halogens is 2. The van der Waals surface area contributed by atoms with Crippen LogP contribution >= 0.6 is 0 Å². The molecule has 0 amide bonds. The summed E-state index contributed by atoms with van der Waals surface area (Å²) in [7, 11) is 1.39. The number of nitrogens with zero attached hydrogens (tertiary/aromatic N) is 6. The van der Waals surface area contributed by atoms with Gasteiger partial charge in [-0.15, -0.1) is 0 Å². The van der Waals surface area contributed by atoms with Gasteiger partial charge in [-0.1, -0.05) is 12.8 Å². The van der Waals surface area contributed by atoms with Crippen molar-refractivity contribution in [1.29, 1.82) is 0 Å². The van der Waals surface area contributed by atoms with Crippen molar-refractivity contribution in [1.82, 2.24) is 29.3 Å². The van der Waals surface area contributed by atoms with Crippen molar-refractivity contribution in [2.24, 2.45) is 0 Å². The quantitative estimate of drug-likeness (QED) is 0.356. The van der Waals surface area contributed by atoms with Crippen LogP contribution in [0.4, 0.5) is 14.6 Å². The number of nitrogens with two attached hydrogens (primary N) is 1. The average molecular weight is 518 g/mol. The second-order valence-electron chi connectivity index (χ2n) is 9.52. The number of anilines is 1. The highest BCUT2D eigenvalue weighted by atomic mass is 19.1. The first-order valence-electron chi connectivity index (χ1n) is 12.4. The van der Waals surface area contributed by atoms with Crippen LogP contribution in [0.1, 0.15) is 50.5 Å². The number of fused-ring (bicyclic) bond motifs is 2. The number of rotatable bonds is 5. The molecule has 2 N–H and O–H groups in total. The first kappa shape index (κ1) is 24.0. The summed E-state index contributed by atoms with van der Waals surface area (Å²) >= 11 is 0. The second-order valence-corrected chi connectivity index (χ2v) is 9.52. The molecule has 0 aliphatic heterocycles. The third kappa shape index (κ3) is 3.77. The molecule has 6 rings (SSSR count). The molecule has 9 nitrogen and oxygen atoms in total. The van der Waals surface area contributed by atoms with E-state index in [1.54, 1.807) is 15.3 Å². The Balaban J connectivity index is 1.59. The van der Waals surface area contributed by atoms with Crippen LogP contribution in [0.15, 0.2) is 47.5 Å². The molecule has 194 valence electrons. The molecule has 1 aliphatic rings. The number of hydrogen-bond donors (Lipinski definition) is 1. The fourth-order valence-electron chi connectivity index (χ4n) is 5.39. The van der Waals surface area contributed by atoms with Crippen LogP contribution in [0.5, 0.6) is 5.75 Å². The number of methoxy groups -OCH3 is 1. The molecule has 1 atom stereocenters. The van der Waals surface area contributed by atoms with E-state index in [0.29, 0.717) is 33.6 Å². The summed E-state index contributed by atoms with van der Waals surface area (Å²) in [4.78, 5) is 27.1. The zero-order valence-electron chi connectivity index (χ0n) is 20.9. The van der Waals surface area contributed by atoms with Gasteiger partial charge in [0.2, 0.25) is 0 Å². The average Bonchev–Trinajstić information content (AvgIpc) is 3.58. The summed E-state index contributed by atoms with van der Waals surface area (Å²) in [6.45, 7) is 1.87. The number of hydrogen-bond acceptors (Lipinski definition) is 7. The van der Waals surface area contributed by atoms with Crippen molar-refractivity contribution in [2.75, 3.05) is 12.8 Å². The smallest absolute Gasteiger partial charge is 0.261 e. The third-order valence-corrected chi connectivity index (χ3v) is 7.26. The lowest BCUT2D eigenvalue weighted by Crippen LogP contribution is -2.31. The maximum Gasteiger partial charge on any atom is 0.261 e. The molecule has 1 fully saturated rings. The second kappa shape index (κ2) is 9.16. The molecule has 1 saturated carbocycles. The van der Waals surface area contributed by atoms with Crippen molar-refractivity contribution in [2.45, 2.75) is 44.7 Å². The van der Waals surface area contributed by atoms with Crippen molar-refractivity contribution in [3.8, 4) is 17.0 Å². The van der Waals surface area contributed by atoms with E-state index in [-0.39, 0.29) is 28.6 Å². The maximum atomic E-state index is 14.6. The summed E-state index contributed by atoms with van der Waals surface area (Å²) in [5, 5.41) is 5.49. The highest BCUT2D eigenvalue weighted by Crippen LogP contribution is 2.36. The lowest BCUT2D eigenvalue weighted by Gasteiger charge is -2.23. The van der Waals surface area contributed by atoms with Crippen LogP contribution in [-0.2, 0) is 0 Å². The minimum atomic E-state index is -0.564. The van der Waals surface area contributed by atoms with E-state index in [9.17, 15) is 13.6 Å². The van der Waals surface area contributed by atoms with E-state index in [2.05, 4.69) is 9.97 Å². The summed E-state index contributed by atoms with van der Waals surface area (Å²) < 4.78 is 37.0. The zero-order valence-corrected chi connectivity index (χ0v) is 20.9. The van der Waals surface area contributed by atoms with Gasteiger partial charge in [0.05, 0.1) is 23.4 Å². The van der Waals surface area contributed by atoms with Gasteiger partial charge >= 0.3 is 0 Å². The molecule has 1 unspecified atom stereocenters. The van der Waals surface area contributed by atoms with E-state index >= 15 is 0 Å². The molecule has 0 radical (unpaired) electrons. The lowest BCUT2D eigenvalue weighted by molar-refractivity contribution is 0.386. The Kier molecular flexibility index (Phi) is 5.77. The lowest BCUT2D eigenvalue weighted by atomic mass is 10.1. The molecular weight excluding hydrogens is 492 g/mol. The highest BCUT2D eigenvalue weighted by Gasteiger charge is 2.29. The van der Waals surface area contributed by atoms with E-state index in [4.69, 9.17) is 20.6 Å². The minimum Gasteiger partial charge on any atom is -0.494 e. The number of ether oxygens (including phenoxy) is 1. The van der Waals surface area contributed by atoms with E-state index in [0.717, 1.165) is 25.7 Å². The molecule has 38 heavy (non-hydrogen) atoms. The minimum absolute atomic E-state index is 0.0585. The third-order valence-electron chi connectivity index (χ3n) is 7.26. The SMILES string of the molecule is COc1ccc(-c2nn(C(C)c3nc4ccc(F)cc4c(=O)n3C3CCCC3)c3ncnc(N)c23)cc1F. The van der Waals surface area contributed by atoms with Gasteiger partial charge in [0.15, 0.2) is 17.2 Å². The van der Waals surface area contributed by atoms with Crippen LogP contribution < -0.4 is 16.0 Å². The van der Waals surface area contributed by atoms with Gasteiger partial charge in [-0.3, -0.25) is 9.36 Å². The standard InChI is InChI=1S/C27H25F2N7O2/c1-14(25-33-20-9-8-16(28)12-18(20)27(37)35(25)17-5-3-4-6-17)36-26-22(24(30)31-13-32-26)23(34-36)15-7-10-21(38-2)19(29)11-15/h7-14,17H,3-6H2,1-2H3,(H2,30,31,32). The summed E-state index contributed by atoms with van der Waals surface area (Å²) in [6.07, 6.45) is 4.98. The van der Waals surface area contributed by atoms with Crippen LogP contribution in [0, 0.1) is 11.6 Å². The topological polar surface area (TPSA) is 114 Å². The fourth-order valence-corrected chi connectivity index (χ4v) is 5.39. The molecule has 1 aliphatic carbocycles. The predicted molar refractivity (Wildman–Crippen MR) is 139 cm³/mol. The molecule has 3 heterocycles. The highest BCUT2D eigenvalue weighted by molar-refractivity contribution is 5.98. The Morgan fingerprint density at radius 2 is 1.89 bits per heavy atom. The van der Waals surface area contributed by atoms with Crippen molar-refractivity contribution < 1.29 is 13.5 Å². The molecular formula is C27H25F2N7O2. The zero-order chi connectivity index (χ0) is 26.6. The van der Waals surface area contributed by atoms with Gasteiger partial charge < -0.3 is 10.5 Å². The normalized spacial score (nSPS) is 14.9. The van der Waals surface area contributed by atoms with Crippen molar-refractivity contribution in [3.05, 3.63) is 70.5 Å². The maximum absolute atomic E-state index is 14.6. The molecule has 11 heteroatoms. The molecule has 0 saturated heterocycles. The summed E-state index contributed by atoms with van der Waals surface area (Å²) in [5.74, 6) is -0.260. The Hall–Kier alpha value is -4.41. The van der Waals surface area contributed by atoms with Crippen molar-refractivity contribution in [3.63, 3.8) is 0 Å². The Bertz CT molecular complexity index is 1760. The van der Waals surface area contributed by atoms with Crippen LogP contribution in [0.25, 0.3) is 33.2 Å². The Morgan fingerprint density at radius 3 is 2.63 bits per heavy atom. The van der Waals surface area contributed by atoms with Gasteiger partial charge in [-0.05, 0) is 56.2 Å². The Labute approximate surface area is 215 Å². The Morgan fingerprint density at radius 1 is 1.11 bits per heavy atom. The number of aromatic nitrogens is 6. The number of benzene rings is 2. The van der Waals surface area contributed by atoms with Gasteiger partial charge in [0.1, 0.15) is 35.5 Å². The molecule has 0 bridgehead atoms. The monoisotopic (exact) mass is 517 g/mol. The predicted octanol–water partition coefficient (Wildman–Crippen LogP) is 4.80. The molecule has 5 aromatic rings. The summed E-state index contributed by atoms with van der Waals surface area (Å²) in [6, 6.07) is 7.93. The summed E-state index contributed by atoms with van der Waals surface area (Å²) in [5.41, 5.74) is 7.65. The van der Waals surface area contributed by atoms with E-state index in [1.807, 2.05) is 6.92 Å². The molecule has 0 spiro atoms. The first-order chi connectivity index (χ1) is 18.4. The van der Waals surface area contributed by atoms with Crippen LogP contribution in [0.3, 0.4) is 0 Å². The molecule has 3 aromatic heterocycles. The van der Waals surface area contributed by atoms with Crippen LogP contribution in [0.2, 0.25) is 0 Å². The van der Waals surface area contributed by atoms with Gasteiger partial charge in [0, 0.05) is 11.6 Å². The van der Waals surface area contributed by atoms with Crippen LogP contribution in [-0.4, -0.2) is 36.4 Å². The first-order valence-corrected chi connectivity index (χ1v) is 12.4. The fraction of sp³-hybridized carbons (Fsp3) is 0.296. The van der Waals surface area contributed by atoms with Crippen molar-refractivity contribution >= 4 is 27.8 Å². The van der Waals surface area contributed by atoms with Gasteiger partial charge in [-0.25, -0.2) is 28.4 Å². The number of nitrogen functional groups attached to an aromatic ring is 1.